The number of carboxylic acids is 2. The average Bonchev–Trinajstić information content (AvgIpc) is 2.29. The quantitative estimate of drug-likeness (QED) is 0.320. The number of nitrogens with zero attached hydrogens (tertiary/aromatic N) is 2. The molecule has 0 spiro atoms. The topological polar surface area (TPSA) is 124 Å². The second-order valence-electron chi connectivity index (χ2n) is 2.87. The lowest BCUT2D eigenvalue weighted by molar-refractivity contribution is -0.140. The van der Waals surface area contributed by atoms with E-state index in [1.807, 2.05) is 0 Å². The average molecular weight is 238 g/mol. The highest BCUT2D eigenvalue weighted by Crippen LogP contribution is 2.06. The smallest absolute Gasteiger partial charge is 0.344 e. The van der Waals surface area contributed by atoms with Gasteiger partial charge >= 0.3 is 11.9 Å². The first-order valence-electron chi connectivity index (χ1n) is 4.49. The largest absolute Gasteiger partial charge is 0.477 e. The number of carbonyl (C=O) groups is 2. The Kier molecular flexibility index (Phi) is 3.98. The molecular weight excluding hydrogens is 228 g/mol. The lowest BCUT2D eigenvalue weighted by Gasteiger charge is -2.01. The van der Waals surface area contributed by atoms with Crippen LogP contribution in [0.25, 0.3) is 0 Å². The molecule has 0 aromatic carbocycles. The molecule has 4 N–H and O–H groups in total. The van der Waals surface area contributed by atoms with Gasteiger partial charge in [-0.2, -0.15) is 0 Å². The molecule has 0 atom stereocenters. The molecular formula is C9H10N4O4. The van der Waals surface area contributed by atoms with Gasteiger partial charge < -0.3 is 20.8 Å². The Morgan fingerprint density at radius 1 is 1.18 bits per heavy atom. The molecule has 8 nitrogen and oxygen atoms in total. The number of carboxylic acid groups (broad SMARTS) is 2. The summed E-state index contributed by atoms with van der Waals surface area (Å²) in [6.45, 7) is 0. The fourth-order valence-corrected chi connectivity index (χ4v) is 0.904. The number of nitrogens with one attached hydrogen (secondary N) is 2. The number of rotatable bonds is 5. The predicted molar refractivity (Wildman–Crippen MR) is 58.6 cm³/mol. The maximum Gasteiger partial charge on any atom is 0.344 e. The van der Waals surface area contributed by atoms with E-state index in [-0.39, 0.29) is 5.82 Å². The van der Waals surface area contributed by atoms with Gasteiger partial charge in [-0.15, -0.1) is 10.2 Å². The minimum absolute atomic E-state index is 0.240. The van der Waals surface area contributed by atoms with E-state index in [2.05, 4.69) is 20.8 Å². The molecule has 0 bridgehead atoms. The number of aliphatic carboxylic acids is 2. The van der Waals surface area contributed by atoms with Crippen molar-refractivity contribution in [1.29, 1.82) is 0 Å². The van der Waals surface area contributed by atoms with E-state index in [4.69, 9.17) is 10.2 Å². The van der Waals surface area contributed by atoms with E-state index < -0.39 is 17.5 Å². The number of hydrogen-bond acceptors (Lipinski definition) is 6. The van der Waals surface area contributed by atoms with Gasteiger partial charge in [-0.3, -0.25) is 0 Å². The van der Waals surface area contributed by atoms with Crippen LogP contribution in [0.15, 0.2) is 23.9 Å². The zero-order chi connectivity index (χ0) is 12.8. The first kappa shape index (κ1) is 12.4. The van der Waals surface area contributed by atoms with Crippen LogP contribution in [0.4, 0.5) is 11.6 Å². The summed E-state index contributed by atoms with van der Waals surface area (Å²) in [5.74, 6) is -2.30. The molecule has 0 aliphatic rings. The van der Waals surface area contributed by atoms with Crippen LogP contribution in [0, 0.1) is 0 Å². The molecule has 17 heavy (non-hydrogen) atoms. The third-order valence-corrected chi connectivity index (χ3v) is 1.75. The Morgan fingerprint density at radius 2 is 1.71 bits per heavy atom. The summed E-state index contributed by atoms with van der Waals surface area (Å²) in [5.41, 5.74) is -0.788. The van der Waals surface area contributed by atoms with Crippen molar-refractivity contribution in [1.82, 2.24) is 10.2 Å². The van der Waals surface area contributed by atoms with Crippen molar-refractivity contribution >= 4 is 23.6 Å². The highest BCUT2D eigenvalue weighted by Gasteiger charge is 2.15. The molecule has 0 fully saturated rings. The van der Waals surface area contributed by atoms with Crippen molar-refractivity contribution in [3.63, 3.8) is 0 Å². The third-order valence-electron chi connectivity index (χ3n) is 1.75. The van der Waals surface area contributed by atoms with E-state index in [1.54, 1.807) is 13.1 Å². The summed E-state index contributed by atoms with van der Waals surface area (Å²) in [6, 6.07) is 3.13. The van der Waals surface area contributed by atoms with Gasteiger partial charge in [0.2, 0.25) is 0 Å². The van der Waals surface area contributed by atoms with E-state index in [0.717, 1.165) is 6.20 Å². The molecule has 8 heteroatoms. The molecule has 0 saturated carbocycles. The zero-order valence-electron chi connectivity index (χ0n) is 8.84. The SMILES string of the molecule is CNc1ccc(NC=C(C(=O)O)C(=O)O)nn1. The minimum atomic E-state index is -1.54. The van der Waals surface area contributed by atoms with Gasteiger partial charge in [0.15, 0.2) is 11.4 Å². The number of anilines is 2. The fraction of sp³-hybridized carbons (Fsp3) is 0.111. The van der Waals surface area contributed by atoms with Gasteiger partial charge in [0.05, 0.1) is 0 Å². The third kappa shape index (κ3) is 3.45. The van der Waals surface area contributed by atoms with E-state index >= 15 is 0 Å². The summed E-state index contributed by atoms with van der Waals surface area (Å²) in [7, 11) is 1.67. The van der Waals surface area contributed by atoms with Gasteiger partial charge in [0, 0.05) is 13.2 Å². The summed E-state index contributed by atoms with van der Waals surface area (Å²) < 4.78 is 0. The Morgan fingerprint density at radius 3 is 2.12 bits per heavy atom. The normalized spacial score (nSPS) is 9.24. The molecule has 0 saturated heterocycles. The maximum absolute atomic E-state index is 10.5. The van der Waals surface area contributed by atoms with Gasteiger partial charge in [-0.05, 0) is 12.1 Å². The molecule has 0 unspecified atom stereocenters. The van der Waals surface area contributed by atoms with Crippen molar-refractivity contribution in [3.05, 3.63) is 23.9 Å². The molecule has 0 amide bonds. The molecule has 0 aliphatic carbocycles. The Balaban J connectivity index is 2.80. The summed E-state index contributed by atoms with van der Waals surface area (Å²) in [5, 5.41) is 29.7. The van der Waals surface area contributed by atoms with Crippen LogP contribution >= 0.6 is 0 Å². The second kappa shape index (κ2) is 5.45. The lowest BCUT2D eigenvalue weighted by Crippen LogP contribution is -2.13. The van der Waals surface area contributed by atoms with Crippen molar-refractivity contribution in [2.75, 3.05) is 17.7 Å². The second-order valence-corrected chi connectivity index (χ2v) is 2.87. The van der Waals surface area contributed by atoms with E-state index in [0.29, 0.717) is 5.82 Å². The molecule has 1 rings (SSSR count). The van der Waals surface area contributed by atoms with Crippen LogP contribution < -0.4 is 10.6 Å². The molecule has 0 aliphatic heterocycles. The zero-order valence-corrected chi connectivity index (χ0v) is 8.84. The predicted octanol–water partition coefficient (Wildman–Crippen LogP) is -0.0167. The van der Waals surface area contributed by atoms with Crippen LogP contribution in [0.2, 0.25) is 0 Å². The first-order chi connectivity index (χ1) is 8.04. The Hall–Kier alpha value is -2.64. The fourth-order valence-electron chi connectivity index (χ4n) is 0.904. The van der Waals surface area contributed by atoms with Crippen molar-refractivity contribution in [2.45, 2.75) is 0 Å². The van der Waals surface area contributed by atoms with Crippen molar-refractivity contribution in [3.8, 4) is 0 Å². The minimum Gasteiger partial charge on any atom is -0.477 e. The highest BCUT2D eigenvalue weighted by atomic mass is 16.4. The van der Waals surface area contributed by atoms with Gasteiger partial charge in [0.1, 0.15) is 5.82 Å². The highest BCUT2D eigenvalue weighted by molar-refractivity contribution is 6.12. The van der Waals surface area contributed by atoms with Crippen molar-refractivity contribution < 1.29 is 19.8 Å². The van der Waals surface area contributed by atoms with E-state index in [1.165, 1.54) is 6.07 Å². The maximum atomic E-state index is 10.5. The Bertz CT molecular complexity index is 439. The number of aromatic nitrogens is 2. The summed E-state index contributed by atoms with van der Waals surface area (Å²) in [4.78, 5) is 21.1. The van der Waals surface area contributed by atoms with E-state index in [9.17, 15) is 9.59 Å². The van der Waals surface area contributed by atoms with Gasteiger partial charge in [-0.1, -0.05) is 0 Å². The number of hydrogen-bond donors (Lipinski definition) is 4. The van der Waals surface area contributed by atoms with Crippen LogP contribution in [0.1, 0.15) is 0 Å². The summed E-state index contributed by atoms with van der Waals surface area (Å²) >= 11 is 0. The van der Waals surface area contributed by atoms with Gasteiger partial charge in [0.25, 0.3) is 0 Å². The van der Waals surface area contributed by atoms with Crippen molar-refractivity contribution in [2.24, 2.45) is 0 Å². The van der Waals surface area contributed by atoms with Crippen LogP contribution in [0.5, 0.6) is 0 Å². The molecule has 0 radical (unpaired) electrons. The summed E-state index contributed by atoms with van der Waals surface area (Å²) in [6.07, 6.45) is 0.841. The standard InChI is InChI=1S/C9H10N4O4/c1-10-6-2-3-7(13-12-6)11-4-5(8(14)15)9(16)17/h2-4H,1H3,(H,10,12)(H,11,13)(H,14,15)(H,16,17). The Labute approximate surface area is 96.0 Å². The van der Waals surface area contributed by atoms with Crippen LogP contribution in [-0.2, 0) is 9.59 Å². The molecule has 1 aromatic heterocycles. The molecule has 1 heterocycles. The van der Waals surface area contributed by atoms with Gasteiger partial charge in [-0.25, -0.2) is 9.59 Å². The molecule has 90 valence electrons. The van der Waals surface area contributed by atoms with Crippen LogP contribution in [0.3, 0.4) is 0 Å². The monoisotopic (exact) mass is 238 g/mol. The first-order valence-corrected chi connectivity index (χ1v) is 4.49. The lowest BCUT2D eigenvalue weighted by atomic mass is 10.3. The molecule has 1 aromatic rings. The van der Waals surface area contributed by atoms with Crippen LogP contribution in [-0.4, -0.2) is 39.4 Å².